The van der Waals surface area contributed by atoms with Gasteiger partial charge in [0.15, 0.2) is 0 Å². The number of hydrogen-bond acceptors (Lipinski definition) is 3. The quantitative estimate of drug-likeness (QED) is 0.648. The Labute approximate surface area is 128 Å². The molecule has 1 atom stereocenters. The summed E-state index contributed by atoms with van der Waals surface area (Å²) in [6.07, 6.45) is -1.16. The van der Waals surface area contributed by atoms with Crippen LogP contribution in [0.2, 0.25) is 0 Å². The maximum absolute atomic E-state index is 12.9. The van der Waals surface area contributed by atoms with Gasteiger partial charge in [-0.15, -0.1) is 0 Å². The van der Waals surface area contributed by atoms with E-state index in [1.54, 1.807) is 12.4 Å². The molecule has 0 saturated heterocycles. The number of rotatable bonds is 3. The summed E-state index contributed by atoms with van der Waals surface area (Å²) in [6, 6.07) is 4.71. The summed E-state index contributed by atoms with van der Waals surface area (Å²) >= 11 is 3.27. The topological polar surface area (TPSA) is 50.9 Å². The first-order valence-corrected chi connectivity index (χ1v) is 6.86. The van der Waals surface area contributed by atoms with Crippen LogP contribution in [0.4, 0.5) is 13.2 Å². The molecular weight excluding hydrogens is 347 g/mol. The third-order valence-electron chi connectivity index (χ3n) is 3.03. The van der Waals surface area contributed by atoms with Gasteiger partial charge in [-0.2, -0.15) is 13.2 Å². The molecule has 1 unspecified atom stereocenters. The average Bonchev–Trinajstić information content (AvgIpc) is 2.40. The van der Waals surface area contributed by atoms with Gasteiger partial charge in [-0.1, -0.05) is 22.0 Å². The lowest BCUT2D eigenvalue weighted by atomic mass is 9.98. The zero-order chi connectivity index (χ0) is 15.6. The lowest BCUT2D eigenvalue weighted by Crippen LogP contribution is -2.29. The molecular formula is C14H13BrF3N3. The van der Waals surface area contributed by atoms with Gasteiger partial charge in [-0.25, -0.2) is 5.43 Å². The highest BCUT2D eigenvalue weighted by Gasteiger charge is 2.31. The molecule has 0 aliphatic heterocycles. The predicted molar refractivity (Wildman–Crippen MR) is 77.3 cm³/mol. The summed E-state index contributed by atoms with van der Waals surface area (Å²) in [7, 11) is 0. The van der Waals surface area contributed by atoms with Gasteiger partial charge in [0.25, 0.3) is 0 Å². The molecule has 3 N–H and O–H groups in total. The predicted octanol–water partition coefficient (Wildman–Crippen LogP) is 3.72. The van der Waals surface area contributed by atoms with Gasteiger partial charge in [0.05, 0.1) is 11.6 Å². The monoisotopic (exact) mass is 359 g/mol. The van der Waals surface area contributed by atoms with Crippen LogP contribution in [0, 0.1) is 6.92 Å². The number of pyridine rings is 1. The minimum atomic E-state index is -4.40. The third-order valence-corrected chi connectivity index (χ3v) is 3.75. The zero-order valence-corrected chi connectivity index (χ0v) is 12.7. The maximum atomic E-state index is 12.9. The highest BCUT2D eigenvalue weighted by atomic mass is 79.9. The van der Waals surface area contributed by atoms with Crippen LogP contribution in [0.3, 0.4) is 0 Å². The number of hydrazine groups is 1. The fourth-order valence-corrected chi connectivity index (χ4v) is 2.52. The molecule has 0 saturated carbocycles. The van der Waals surface area contributed by atoms with Crippen molar-refractivity contribution < 1.29 is 13.2 Å². The number of alkyl halides is 3. The van der Waals surface area contributed by atoms with E-state index < -0.39 is 17.8 Å². The fraction of sp³-hybridized carbons (Fsp3) is 0.214. The second kappa shape index (κ2) is 6.13. The molecule has 0 spiro atoms. The molecule has 7 heteroatoms. The first kappa shape index (κ1) is 15.9. The molecule has 0 amide bonds. The largest absolute Gasteiger partial charge is 0.416 e. The molecule has 112 valence electrons. The van der Waals surface area contributed by atoms with Gasteiger partial charge in [0.2, 0.25) is 0 Å². The summed E-state index contributed by atoms with van der Waals surface area (Å²) in [5.41, 5.74) is 3.82. The standard InChI is InChI=1S/C14H13BrF3N3/c1-8-4-9(7-20-6-8)13(21-19)11-5-10(14(16,17)18)2-3-12(11)15/h2-7,13,21H,19H2,1H3. The number of nitrogens with zero attached hydrogens (tertiary/aromatic N) is 1. The normalized spacial score (nSPS) is 13.2. The van der Waals surface area contributed by atoms with Crippen molar-refractivity contribution in [1.82, 2.24) is 10.4 Å². The summed E-state index contributed by atoms with van der Waals surface area (Å²) in [5, 5.41) is 0. The summed E-state index contributed by atoms with van der Waals surface area (Å²) < 4.78 is 39.1. The zero-order valence-electron chi connectivity index (χ0n) is 11.1. The number of benzene rings is 1. The Morgan fingerprint density at radius 1 is 1.24 bits per heavy atom. The van der Waals surface area contributed by atoms with Crippen molar-refractivity contribution in [3.05, 3.63) is 63.4 Å². The Kier molecular flexibility index (Phi) is 4.65. The fourth-order valence-electron chi connectivity index (χ4n) is 2.04. The van der Waals surface area contributed by atoms with Crippen molar-refractivity contribution in [3.63, 3.8) is 0 Å². The van der Waals surface area contributed by atoms with E-state index in [9.17, 15) is 13.2 Å². The van der Waals surface area contributed by atoms with E-state index in [4.69, 9.17) is 5.84 Å². The van der Waals surface area contributed by atoms with Crippen LogP contribution >= 0.6 is 15.9 Å². The summed E-state index contributed by atoms with van der Waals surface area (Å²) in [5.74, 6) is 5.54. The van der Waals surface area contributed by atoms with E-state index in [0.717, 1.165) is 17.7 Å². The number of aromatic nitrogens is 1. The summed E-state index contributed by atoms with van der Waals surface area (Å²) in [4.78, 5) is 4.05. The Morgan fingerprint density at radius 3 is 2.52 bits per heavy atom. The molecule has 0 bridgehead atoms. The van der Waals surface area contributed by atoms with Crippen LogP contribution < -0.4 is 11.3 Å². The number of aryl methyl sites for hydroxylation is 1. The Bertz CT molecular complexity index is 644. The average molecular weight is 360 g/mol. The van der Waals surface area contributed by atoms with Crippen molar-refractivity contribution in [2.24, 2.45) is 5.84 Å². The molecule has 21 heavy (non-hydrogen) atoms. The lowest BCUT2D eigenvalue weighted by molar-refractivity contribution is -0.137. The van der Waals surface area contributed by atoms with Gasteiger partial charge in [-0.3, -0.25) is 10.8 Å². The highest BCUT2D eigenvalue weighted by molar-refractivity contribution is 9.10. The summed E-state index contributed by atoms with van der Waals surface area (Å²) in [6.45, 7) is 1.85. The molecule has 1 aromatic carbocycles. The second-order valence-corrected chi connectivity index (χ2v) is 5.48. The maximum Gasteiger partial charge on any atom is 0.416 e. The Morgan fingerprint density at radius 2 is 1.95 bits per heavy atom. The van der Waals surface area contributed by atoms with Gasteiger partial charge >= 0.3 is 6.18 Å². The number of nitrogens with two attached hydrogens (primary N) is 1. The van der Waals surface area contributed by atoms with Gasteiger partial charge in [0, 0.05) is 16.9 Å². The van der Waals surface area contributed by atoms with E-state index in [2.05, 4.69) is 26.3 Å². The van der Waals surface area contributed by atoms with Gasteiger partial charge in [-0.05, 0) is 41.8 Å². The van der Waals surface area contributed by atoms with Gasteiger partial charge in [0.1, 0.15) is 0 Å². The van der Waals surface area contributed by atoms with Crippen molar-refractivity contribution >= 4 is 15.9 Å². The minimum absolute atomic E-state index is 0.403. The van der Waals surface area contributed by atoms with E-state index >= 15 is 0 Å². The van der Waals surface area contributed by atoms with Crippen LogP contribution in [0.15, 0.2) is 41.1 Å². The molecule has 0 aliphatic carbocycles. The molecule has 1 heterocycles. The minimum Gasteiger partial charge on any atom is -0.271 e. The molecule has 2 rings (SSSR count). The molecule has 2 aromatic rings. The Balaban J connectivity index is 2.52. The van der Waals surface area contributed by atoms with Gasteiger partial charge < -0.3 is 0 Å². The molecule has 3 nitrogen and oxygen atoms in total. The molecule has 0 aliphatic rings. The van der Waals surface area contributed by atoms with E-state index in [1.165, 1.54) is 6.07 Å². The van der Waals surface area contributed by atoms with Crippen LogP contribution in [0.25, 0.3) is 0 Å². The first-order valence-electron chi connectivity index (χ1n) is 6.07. The number of halogens is 4. The molecule has 0 fully saturated rings. The van der Waals surface area contributed by atoms with E-state index in [1.807, 2.05) is 13.0 Å². The molecule has 0 radical (unpaired) electrons. The van der Waals surface area contributed by atoms with Crippen LogP contribution in [-0.4, -0.2) is 4.98 Å². The van der Waals surface area contributed by atoms with Crippen LogP contribution in [0.1, 0.15) is 28.3 Å². The van der Waals surface area contributed by atoms with Crippen LogP contribution in [0.5, 0.6) is 0 Å². The van der Waals surface area contributed by atoms with Crippen molar-refractivity contribution in [3.8, 4) is 0 Å². The number of nitrogens with one attached hydrogen (secondary N) is 1. The van der Waals surface area contributed by atoms with Crippen LogP contribution in [-0.2, 0) is 6.18 Å². The second-order valence-electron chi connectivity index (χ2n) is 4.63. The highest BCUT2D eigenvalue weighted by Crippen LogP contribution is 2.35. The van der Waals surface area contributed by atoms with Crippen molar-refractivity contribution in [1.29, 1.82) is 0 Å². The SMILES string of the molecule is Cc1cncc(C(NN)c2cc(C(F)(F)F)ccc2Br)c1. The molecule has 1 aromatic heterocycles. The van der Waals surface area contributed by atoms with Crippen molar-refractivity contribution in [2.45, 2.75) is 19.1 Å². The number of hydrogen-bond donors (Lipinski definition) is 2. The Hall–Kier alpha value is -1.44. The van der Waals surface area contributed by atoms with Crippen molar-refractivity contribution in [2.75, 3.05) is 0 Å². The first-order chi connectivity index (χ1) is 9.82. The lowest BCUT2D eigenvalue weighted by Gasteiger charge is -2.20. The van der Waals surface area contributed by atoms with E-state index in [0.29, 0.717) is 15.6 Å². The smallest absolute Gasteiger partial charge is 0.271 e. The van der Waals surface area contributed by atoms with E-state index in [-0.39, 0.29) is 0 Å². The third kappa shape index (κ3) is 3.61.